The quantitative estimate of drug-likeness (QED) is 0.764. The Balaban J connectivity index is 2.22. The second-order valence-corrected chi connectivity index (χ2v) is 6.03. The van der Waals surface area contributed by atoms with E-state index in [4.69, 9.17) is 33.5 Å². The molecule has 0 saturated heterocycles. The van der Waals surface area contributed by atoms with E-state index in [1.54, 1.807) is 18.5 Å². The van der Waals surface area contributed by atoms with Crippen LogP contribution in [0.15, 0.2) is 35.1 Å². The summed E-state index contributed by atoms with van der Waals surface area (Å²) >= 11 is 13.4. The monoisotopic (exact) mass is 311 g/mol. The van der Waals surface area contributed by atoms with E-state index in [1.807, 2.05) is 12.1 Å². The van der Waals surface area contributed by atoms with Gasteiger partial charge in [0, 0.05) is 12.4 Å². The summed E-state index contributed by atoms with van der Waals surface area (Å²) in [5.41, 5.74) is 8.11. The van der Waals surface area contributed by atoms with Crippen LogP contribution in [0.5, 0.6) is 0 Å². The summed E-state index contributed by atoms with van der Waals surface area (Å²) in [7, 11) is 0. The fourth-order valence-corrected chi connectivity index (χ4v) is 3.24. The van der Waals surface area contributed by atoms with Crippen molar-refractivity contribution in [1.82, 2.24) is 10.1 Å². The van der Waals surface area contributed by atoms with Crippen LogP contribution in [0.4, 0.5) is 5.82 Å². The Morgan fingerprint density at radius 2 is 1.95 bits per heavy atom. The predicted molar refractivity (Wildman–Crippen MR) is 77.5 cm³/mol. The highest BCUT2D eigenvalue weighted by molar-refractivity contribution is 7.20. The largest absolute Gasteiger partial charge is 0.380 e. The van der Waals surface area contributed by atoms with E-state index in [0.717, 1.165) is 5.56 Å². The average Bonchev–Trinajstić information content (AvgIpc) is 2.93. The topological polar surface area (TPSA) is 64.9 Å². The SMILES string of the molecule is Nc1noc(-c2cc(Cl)sc2Cl)c1-c1ccncc1. The van der Waals surface area contributed by atoms with Gasteiger partial charge in [-0.1, -0.05) is 28.4 Å². The van der Waals surface area contributed by atoms with E-state index < -0.39 is 0 Å². The van der Waals surface area contributed by atoms with Gasteiger partial charge in [-0.2, -0.15) is 0 Å². The van der Waals surface area contributed by atoms with Crippen molar-refractivity contribution < 1.29 is 4.52 Å². The second-order valence-electron chi connectivity index (χ2n) is 3.75. The van der Waals surface area contributed by atoms with Crippen LogP contribution in [0.25, 0.3) is 22.5 Å². The van der Waals surface area contributed by atoms with Gasteiger partial charge in [-0.25, -0.2) is 0 Å². The van der Waals surface area contributed by atoms with Gasteiger partial charge in [0.1, 0.15) is 4.34 Å². The van der Waals surface area contributed by atoms with E-state index in [2.05, 4.69) is 10.1 Å². The third-order valence-electron chi connectivity index (χ3n) is 2.59. The number of nitrogens with two attached hydrogens (primary N) is 1. The highest BCUT2D eigenvalue weighted by Gasteiger charge is 2.21. The summed E-state index contributed by atoms with van der Waals surface area (Å²) in [5, 5.41) is 3.80. The molecule has 0 spiro atoms. The van der Waals surface area contributed by atoms with Gasteiger partial charge in [0.15, 0.2) is 11.6 Å². The van der Waals surface area contributed by atoms with Crippen molar-refractivity contribution in [2.75, 3.05) is 5.73 Å². The molecule has 4 nitrogen and oxygen atoms in total. The van der Waals surface area contributed by atoms with Gasteiger partial charge in [-0.05, 0) is 23.8 Å². The molecule has 0 saturated carbocycles. The summed E-state index contributed by atoms with van der Waals surface area (Å²) in [4.78, 5) is 3.97. The maximum absolute atomic E-state index is 6.14. The molecule has 0 aliphatic carbocycles. The molecule has 0 bridgehead atoms. The molecule has 3 rings (SSSR count). The lowest BCUT2D eigenvalue weighted by Gasteiger charge is -2.00. The number of anilines is 1. The standard InChI is InChI=1S/C12H7Cl2N3OS/c13-8-5-7(11(14)19-8)10-9(12(15)17-18-10)6-1-3-16-4-2-6/h1-5H,(H2,15,17). The van der Waals surface area contributed by atoms with E-state index in [0.29, 0.717) is 31.4 Å². The van der Waals surface area contributed by atoms with Crippen LogP contribution in [-0.2, 0) is 0 Å². The minimum absolute atomic E-state index is 0.305. The van der Waals surface area contributed by atoms with Crippen molar-refractivity contribution in [2.45, 2.75) is 0 Å². The molecule has 0 radical (unpaired) electrons. The first-order valence-corrected chi connectivity index (χ1v) is 6.85. The Kier molecular flexibility index (Phi) is 3.18. The molecular weight excluding hydrogens is 305 g/mol. The number of pyridine rings is 1. The zero-order valence-corrected chi connectivity index (χ0v) is 11.8. The van der Waals surface area contributed by atoms with Crippen molar-refractivity contribution in [3.05, 3.63) is 39.3 Å². The summed E-state index contributed by atoms with van der Waals surface area (Å²) in [6.45, 7) is 0. The molecule has 3 heterocycles. The van der Waals surface area contributed by atoms with Gasteiger partial charge in [0.05, 0.1) is 15.5 Å². The van der Waals surface area contributed by atoms with Crippen molar-refractivity contribution in [1.29, 1.82) is 0 Å². The van der Waals surface area contributed by atoms with Crippen LogP contribution in [0.2, 0.25) is 8.67 Å². The van der Waals surface area contributed by atoms with Gasteiger partial charge >= 0.3 is 0 Å². The Hall–Kier alpha value is -1.56. The van der Waals surface area contributed by atoms with Crippen LogP contribution in [0, 0.1) is 0 Å². The van der Waals surface area contributed by atoms with Crippen LogP contribution >= 0.6 is 34.5 Å². The molecule has 0 aromatic carbocycles. The lowest BCUT2D eigenvalue weighted by molar-refractivity contribution is 0.436. The molecule has 0 unspecified atom stereocenters. The Bertz CT molecular complexity index is 724. The normalized spacial score (nSPS) is 10.8. The molecule has 96 valence electrons. The molecule has 3 aromatic heterocycles. The fraction of sp³-hybridized carbons (Fsp3) is 0. The van der Waals surface area contributed by atoms with Crippen molar-refractivity contribution in [2.24, 2.45) is 0 Å². The van der Waals surface area contributed by atoms with Crippen LogP contribution in [-0.4, -0.2) is 10.1 Å². The molecule has 0 fully saturated rings. The third-order valence-corrected chi connectivity index (χ3v) is 4.08. The maximum Gasteiger partial charge on any atom is 0.179 e. The third kappa shape index (κ3) is 2.20. The highest BCUT2D eigenvalue weighted by atomic mass is 35.5. The first-order chi connectivity index (χ1) is 9.16. The molecule has 0 amide bonds. The Morgan fingerprint density at radius 1 is 1.21 bits per heavy atom. The predicted octanol–water partition coefficient (Wildman–Crippen LogP) is 4.35. The number of rotatable bonds is 2. The molecule has 3 aromatic rings. The number of nitrogen functional groups attached to an aromatic ring is 1. The van der Waals surface area contributed by atoms with Gasteiger partial charge in [-0.3, -0.25) is 4.98 Å². The number of hydrogen-bond acceptors (Lipinski definition) is 5. The van der Waals surface area contributed by atoms with E-state index in [-0.39, 0.29) is 0 Å². The second kappa shape index (κ2) is 4.85. The number of nitrogens with zero attached hydrogens (tertiary/aromatic N) is 2. The lowest BCUT2D eigenvalue weighted by Crippen LogP contribution is -1.88. The number of hydrogen-bond donors (Lipinski definition) is 1. The van der Waals surface area contributed by atoms with Gasteiger partial charge < -0.3 is 10.3 Å². The fourth-order valence-electron chi connectivity index (χ4n) is 1.78. The number of halogens is 2. The lowest BCUT2D eigenvalue weighted by atomic mass is 10.0. The highest BCUT2D eigenvalue weighted by Crippen LogP contribution is 2.43. The maximum atomic E-state index is 6.14. The molecule has 7 heteroatoms. The zero-order valence-electron chi connectivity index (χ0n) is 9.43. The van der Waals surface area contributed by atoms with Gasteiger partial charge in [0.2, 0.25) is 0 Å². The van der Waals surface area contributed by atoms with Crippen LogP contribution in [0.1, 0.15) is 0 Å². The summed E-state index contributed by atoms with van der Waals surface area (Å²) < 4.78 is 6.42. The van der Waals surface area contributed by atoms with Crippen LogP contribution < -0.4 is 5.73 Å². The first-order valence-electron chi connectivity index (χ1n) is 5.27. The van der Waals surface area contributed by atoms with E-state index in [9.17, 15) is 0 Å². The number of aromatic nitrogens is 2. The first kappa shape index (κ1) is 12.5. The minimum atomic E-state index is 0.305. The van der Waals surface area contributed by atoms with Crippen LogP contribution in [0.3, 0.4) is 0 Å². The van der Waals surface area contributed by atoms with Gasteiger partial charge in [0.25, 0.3) is 0 Å². The number of thiophene rings is 1. The summed E-state index contributed by atoms with van der Waals surface area (Å²) in [6.07, 6.45) is 3.35. The molecule has 0 aliphatic heterocycles. The van der Waals surface area contributed by atoms with Crippen molar-refractivity contribution >= 4 is 40.4 Å². The smallest absolute Gasteiger partial charge is 0.179 e. The zero-order chi connectivity index (χ0) is 13.4. The molecule has 19 heavy (non-hydrogen) atoms. The van der Waals surface area contributed by atoms with Gasteiger partial charge in [-0.15, -0.1) is 11.3 Å². The Morgan fingerprint density at radius 3 is 2.58 bits per heavy atom. The summed E-state index contributed by atoms with van der Waals surface area (Å²) in [5.74, 6) is 0.816. The molecular formula is C12H7Cl2N3OS. The molecule has 0 atom stereocenters. The minimum Gasteiger partial charge on any atom is -0.380 e. The summed E-state index contributed by atoms with van der Waals surface area (Å²) in [6, 6.07) is 5.39. The molecule has 2 N–H and O–H groups in total. The Labute approximate surface area is 122 Å². The van der Waals surface area contributed by atoms with Crippen molar-refractivity contribution in [3.63, 3.8) is 0 Å². The van der Waals surface area contributed by atoms with Crippen molar-refractivity contribution in [3.8, 4) is 22.5 Å². The average molecular weight is 312 g/mol. The molecule has 0 aliphatic rings. The van der Waals surface area contributed by atoms with E-state index in [1.165, 1.54) is 11.3 Å². The van der Waals surface area contributed by atoms with E-state index >= 15 is 0 Å².